The summed E-state index contributed by atoms with van der Waals surface area (Å²) in [6, 6.07) is 12.0. The van der Waals surface area contributed by atoms with Gasteiger partial charge in [0.15, 0.2) is 0 Å². The number of nitrogens with zero attached hydrogens (tertiary/aromatic N) is 4. The Morgan fingerprint density at radius 3 is 2.48 bits per heavy atom. The number of benzene rings is 1. The third-order valence-electron chi connectivity index (χ3n) is 3.23. The standard InChI is InChI=1S/C16H15BrN4/c1-20(2)9-13-10-21(11-14(13)12(7-18)8-19)16-6-4-3-5-15(16)17/h3-6,9H,10-11H2,1-2H3. The highest BCUT2D eigenvalue weighted by Gasteiger charge is 2.26. The first-order valence-electron chi connectivity index (χ1n) is 6.47. The second kappa shape index (κ2) is 6.47. The van der Waals surface area contributed by atoms with Crippen LogP contribution in [0.4, 0.5) is 5.69 Å². The zero-order chi connectivity index (χ0) is 15.4. The van der Waals surface area contributed by atoms with Gasteiger partial charge in [-0.15, -0.1) is 0 Å². The minimum atomic E-state index is 0.192. The maximum atomic E-state index is 9.15. The molecule has 0 radical (unpaired) electrons. The van der Waals surface area contributed by atoms with Crippen molar-refractivity contribution in [1.82, 2.24) is 4.90 Å². The average molecular weight is 343 g/mol. The van der Waals surface area contributed by atoms with Crippen molar-refractivity contribution in [2.24, 2.45) is 0 Å². The van der Waals surface area contributed by atoms with Crippen LogP contribution in [0.25, 0.3) is 0 Å². The van der Waals surface area contributed by atoms with E-state index in [1.165, 1.54) is 0 Å². The molecule has 1 fully saturated rings. The van der Waals surface area contributed by atoms with Crippen molar-refractivity contribution in [3.63, 3.8) is 0 Å². The molecule has 21 heavy (non-hydrogen) atoms. The summed E-state index contributed by atoms with van der Waals surface area (Å²) in [4.78, 5) is 4.09. The second-order valence-corrected chi connectivity index (χ2v) is 5.86. The van der Waals surface area contributed by atoms with Crippen molar-refractivity contribution in [1.29, 1.82) is 10.5 Å². The Hall–Kier alpha value is -2.24. The number of halogens is 1. The summed E-state index contributed by atoms with van der Waals surface area (Å²) in [5, 5.41) is 18.3. The number of hydrogen-bond donors (Lipinski definition) is 0. The monoisotopic (exact) mass is 342 g/mol. The fraction of sp³-hybridized carbons (Fsp3) is 0.250. The van der Waals surface area contributed by atoms with E-state index in [1.54, 1.807) is 0 Å². The van der Waals surface area contributed by atoms with E-state index in [0.717, 1.165) is 21.3 Å². The highest BCUT2D eigenvalue weighted by Crippen LogP contribution is 2.33. The van der Waals surface area contributed by atoms with Gasteiger partial charge in [-0.25, -0.2) is 0 Å². The molecule has 1 heterocycles. The summed E-state index contributed by atoms with van der Waals surface area (Å²) in [5.74, 6) is 0. The number of anilines is 1. The number of rotatable bonds is 2. The summed E-state index contributed by atoms with van der Waals surface area (Å²) in [5.41, 5.74) is 3.07. The lowest BCUT2D eigenvalue weighted by molar-refractivity contribution is 0.559. The van der Waals surface area contributed by atoms with Crippen LogP contribution >= 0.6 is 15.9 Å². The summed E-state index contributed by atoms with van der Waals surface area (Å²) < 4.78 is 1.01. The van der Waals surface area contributed by atoms with Crippen molar-refractivity contribution in [2.75, 3.05) is 32.1 Å². The molecule has 0 bridgehead atoms. The van der Waals surface area contributed by atoms with Gasteiger partial charge in [0.2, 0.25) is 0 Å². The van der Waals surface area contributed by atoms with E-state index >= 15 is 0 Å². The van der Waals surface area contributed by atoms with Crippen LogP contribution in [0, 0.1) is 22.7 Å². The molecule has 1 aliphatic rings. The first kappa shape index (κ1) is 15.2. The lowest BCUT2D eigenvalue weighted by Crippen LogP contribution is -2.19. The molecular weight excluding hydrogens is 328 g/mol. The molecule has 4 nitrogen and oxygen atoms in total. The van der Waals surface area contributed by atoms with E-state index in [1.807, 2.05) is 61.6 Å². The molecule has 0 N–H and O–H groups in total. The van der Waals surface area contributed by atoms with E-state index in [-0.39, 0.29) is 5.57 Å². The molecule has 0 aromatic heterocycles. The van der Waals surface area contributed by atoms with Crippen LogP contribution in [0.15, 0.2) is 51.7 Å². The molecule has 1 aromatic rings. The smallest absolute Gasteiger partial charge is 0.135 e. The molecule has 1 saturated heterocycles. The molecular formula is C16H15BrN4. The first-order valence-corrected chi connectivity index (χ1v) is 7.26. The minimum Gasteiger partial charge on any atom is -0.383 e. The van der Waals surface area contributed by atoms with Gasteiger partial charge >= 0.3 is 0 Å². The van der Waals surface area contributed by atoms with Gasteiger partial charge in [0.05, 0.1) is 5.69 Å². The van der Waals surface area contributed by atoms with Crippen LogP contribution in [0.3, 0.4) is 0 Å². The van der Waals surface area contributed by atoms with Crippen LogP contribution in [0.5, 0.6) is 0 Å². The van der Waals surface area contributed by atoms with Gasteiger partial charge in [-0.2, -0.15) is 10.5 Å². The van der Waals surface area contributed by atoms with E-state index in [0.29, 0.717) is 13.1 Å². The van der Waals surface area contributed by atoms with Gasteiger partial charge in [-0.05, 0) is 33.6 Å². The van der Waals surface area contributed by atoms with Gasteiger partial charge in [-0.1, -0.05) is 12.1 Å². The molecule has 0 spiro atoms. The number of para-hydroxylation sites is 1. The molecule has 0 atom stereocenters. The third kappa shape index (κ3) is 3.26. The van der Waals surface area contributed by atoms with Crippen molar-refractivity contribution in [3.05, 3.63) is 51.7 Å². The molecule has 2 rings (SSSR count). The maximum Gasteiger partial charge on any atom is 0.135 e. The molecule has 0 aliphatic carbocycles. The quantitative estimate of drug-likeness (QED) is 0.775. The zero-order valence-corrected chi connectivity index (χ0v) is 13.6. The molecule has 1 aliphatic heterocycles. The summed E-state index contributed by atoms with van der Waals surface area (Å²) in [6.07, 6.45) is 1.97. The van der Waals surface area contributed by atoms with Crippen molar-refractivity contribution >= 4 is 21.6 Å². The van der Waals surface area contributed by atoms with Gasteiger partial charge in [0.1, 0.15) is 17.7 Å². The lowest BCUT2D eigenvalue weighted by Gasteiger charge is -2.18. The van der Waals surface area contributed by atoms with Gasteiger partial charge in [-0.3, -0.25) is 0 Å². The highest BCUT2D eigenvalue weighted by molar-refractivity contribution is 9.10. The van der Waals surface area contributed by atoms with Gasteiger partial charge in [0.25, 0.3) is 0 Å². The molecule has 0 saturated carbocycles. The average Bonchev–Trinajstić information content (AvgIpc) is 2.84. The Labute approximate surface area is 133 Å². The van der Waals surface area contributed by atoms with E-state index in [2.05, 4.69) is 20.8 Å². The first-order chi connectivity index (χ1) is 10.1. The molecule has 0 unspecified atom stereocenters. The minimum absolute atomic E-state index is 0.192. The topological polar surface area (TPSA) is 54.1 Å². The molecule has 0 amide bonds. The predicted octanol–water partition coefficient (Wildman–Crippen LogP) is 3.06. The second-order valence-electron chi connectivity index (χ2n) is 5.00. The van der Waals surface area contributed by atoms with Crippen LogP contribution in [-0.2, 0) is 0 Å². The summed E-state index contributed by atoms with van der Waals surface area (Å²) >= 11 is 3.55. The largest absolute Gasteiger partial charge is 0.383 e. The molecule has 1 aromatic carbocycles. The van der Waals surface area contributed by atoms with Crippen molar-refractivity contribution < 1.29 is 0 Å². The Bertz CT molecular complexity index is 673. The fourth-order valence-corrected chi connectivity index (χ4v) is 2.89. The number of nitriles is 2. The van der Waals surface area contributed by atoms with Crippen molar-refractivity contribution in [2.45, 2.75) is 0 Å². The Morgan fingerprint density at radius 1 is 1.24 bits per heavy atom. The maximum absolute atomic E-state index is 9.15. The van der Waals surface area contributed by atoms with Crippen molar-refractivity contribution in [3.8, 4) is 12.1 Å². The Kier molecular flexibility index (Phi) is 4.67. The highest BCUT2D eigenvalue weighted by atomic mass is 79.9. The van der Waals surface area contributed by atoms with Crippen LogP contribution in [0.1, 0.15) is 0 Å². The Balaban J connectivity index is 2.46. The fourth-order valence-electron chi connectivity index (χ4n) is 2.36. The SMILES string of the molecule is CN(C)C=C1CN(c2ccccc2Br)CC1=C(C#N)C#N. The number of hydrogen-bond acceptors (Lipinski definition) is 4. The molecule has 5 heteroatoms. The lowest BCUT2D eigenvalue weighted by atomic mass is 10.1. The van der Waals surface area contributed by atoms with Gasteiger partial charge in [0, 0.05) is 43.4 Å². The van der Waals surface area contributed by atoms with Gasteiger partial charge < -0.3 is 9.80 Å². The summed E-state index contributed by atoms with van der Waals surface area (Å²) in [6.45, 7) is 1.25. The van der Waals surface area contributed by atoms with Crippen LogP contribution in [0.2, 0.25) is 0 Å². The number of allylic oxidation sites excluding steroid dienone is 1. The third-order valence-corrected chi connectivity index (χ3v) is 3.90. The Morgan fingerprint density at radius 2 is 1.90 bits per heavy atom. The van der Waals surface area contributed by atoms with Crippen LogP contribution < -0.4 is 4.90 Å². The van der Waals surface area contributed by atoms with E-state index in [4.69, 9.17) is 10.5 Å². The molecule has 106 valence electrons. The van der Waals surface area contributed by atoms with Crippen LogP contribution in [-0.4, -0.2) is 32.1 Å². The van der Waals surface area contributed by atoms with E-state index < -0.39 is 0 Å². The summed E-state index contributed by atoms with van der Waals surface area (Å²) in [7, 11) is 3.87. The zero-order valence-electron chi connectivity index (χ0n) is 12.0. The van der Waals surface area contributed by atoms with E-state index in [9.17, 15) is 0 Å². The predicted molar refractivity (Wildman–Crippen MR) is 86.4 cm³/mol. The normalized spacial score (nSPS) is 15.8.